The molecule has 9 heteroatoms. The predicted molar refractivity (Wildman–Crippen MR) is 82.3 cm³/mol. The van der Waals surface area contributed by atoms with Gasteiger partial charge in [0, 0.05) is 0 Å². The van der Waals surface area contributed by atoms with Gasteiger partial charge in [-0.1, -0.05) is 18.2 Å². The summed E-state index contributed by atoms with van der Waals surface area (Å²) >= 11 is 0. The number of aromatic nitrogens is 3. The summed E-state index contributed by atoms with van der Waals surface area (Å²) in [6, 6.07) is 10.4. The highest BCUT2D eigenvalue weighted by Gasteiger charge is 2.30. The van der Waals surface area contributed by atoms with Crippen molar-refractivity contribution in [1.29, 1.82) is 5.26 Å². The van der Waals surface area contributed by atoms with Gasteiger partial charge in [0.25, 0.3) is 0 Å². The minimum absolute atomic E-state index is 0.0560. The molecule has 0 saturated heterocycles. The van der Waals surface area contributed by atoms with Gasteiger partial charge in [-0.25, -0.2) is 4.39 Å². The van der Waals surface area contributed by atoms with Crippen LogP contribution in [-0.4, -0.2) is 15.4 Å². The molecular weight excluding hydrogens is 352 g/mol. The molecule has 3 aromatic rings. The van der Waals surface area contributed by atoms with Gasteiger partial charge >= 0.3 is 6.18 Å². The second-order valence-corrected chi connectivity index (χ2v) is 5.24. The van der Waals surface area contributed by atoms with E-state index in [2.05, 4.69) is 15.4 Å². The van der Waals surface area contributed by atoms with Crippen LogP contribution in [0.2, 0.25) is 0 Å². The highest BCUT2D eigenvalue weighted by atomic mass is 19.4. The van der Waals surface area contributed by atoms with Gasteiger partial charge in [0.1, 0.15) is 18.4 Å². The lowest BCUT2D eigenvalue weighted by Crippen LogP contribution is -2.06. The van der Waals surface area contributed by atoms with Crippen LogP contribution in [0.1, 0.15) is 16.8 Å². The molecule has 0 spiro atoms. The Kier molecular flexibility index (Phi) is 4.58. The number of para-hydroxylation sites is 1. The Morgan fingerprint density at radius 3 is 2.62 bits per heavy atom. The number of nitrogens with one attached hydrogen (secondary N) is 1. The molecule has 0 fully saturated rings. The number of alkyl halides is 3. The Morgan fingerprint density at radius 2 is 1.88 bits per heavy atom. The number of rotatable bonds is 4. The van der Waals surface area contributed by atoms with Gasteiger partial charge in [0.2, 0.25) is 0 Å². The van der Waals surface area contributed by atoms with E-state index in [1.807, 2.05) is 6.07 Å². The van der Waals surface area contributed by atoms with Crippen LogP contribution in [0.4, 0.5) is 17.6 Å². The maximum absolute atomic E-state index is 14.2. The first-order valence-electron chi connectivity index (χ1n) is 7.29. The molecular formula is C17H10F4N4O. The number of benzene rings is 2. The zero-order valence-electron chi connectivity index (χ0n) is 13.0. The highest BCUT2D eigenvalue weighted by Crippen LogP contribution is 2.34. The topological polar surface area (TPSA) is 74.6 Å². The predicted octanol–water partition coefficient (Wildman–Crippen LogP) is 4.08. The zero-order valence-corrected chi connectivity index (χ0v) is 13.0. The molecule has 0 aliphatic heterocycles. The molecule has 0 amide bonds. The molecule has 3 rings (SSSR count). The third-order valence-corrected chi connectivity index (χ3v) is 3.51. The fourth-order valence-electron chi connectivity index (χ4n) is 2.33. The van der Waals surface area contributed by atoms with Crippen molar-refractivity contribution in [3.05, 3.63) is 65.1 Å². The van der Waals surface area contributed by atoms with Crippen LogP contribution in [0.5, 0.6) is 5.75 Å². The Balaban J connectivity index is 1.91. The molecule has 1 N–H and O–H groups in total. The SMILES string of the molecule is N#Cc1n[nH]nc1-c1cccc(F)c1OCc1cccc(C(F)(F)F)c1. The first-order chi connectivity index (χ1) is 12.4. The molecule has 132 valence electrons. The third kappa shape index (κ3) is 3.49. The molecule has 5 nitrogen and oxygen atoms in total. The lowest BCUT2D eigenvalue weighted by Gasteiger charge is -2.13. The summed E-state index contributed by atoms with van der Waals surface area (Å²) in [7, 11) is 0. The van der Waals surface area contributed by atoms with Crippen LogP contribution in [0.3, 0.4) is 0 Å². The number of H-pyrrole nitrogens is 1. The van der Waals surface area contributed by atoms with Gasteiger partial charge < -0.3 is 4.74 Å². The van der Waals surface area contributed by atoms with Gasteiger partial charge in [0.15, 0.2) is 17.3 Å². The Morgan fingerprint density at radius 1 is 1.12 bits per heavy atom. The molecule has 0 unspecified atom stereocenters. The molecule has 0 aliphatic rings. The fraction of sp³-hybridized carbons (Fsp3) is 0.118. The molecule has 0 bridgehead atoms. The lowest BCUT2D eigenvalue weighted by molar-refractivity contribution is -0.137. The van der Waals surface area contributed by atoms with Gasteiger partial charge in [-0.2, -0.15) is 28.7 Å². The largest absolute Gasteiger partial charge is 0.485 e. The molecule has 0 radical (unpaired) electrons. The monoisotopic (exact) mass is 362 g/mol. The van der Waals surface area contributed by atoms with Gasteiger partial charge in [-0.3, -0.25) is 0 Å². The van der Waals surface area contributed by atoms with Crippen LogP contribution >= 0.6 is 0 Å². The molecule has 2 aromatic carbocycles. The normalized spacial score (nSPS) is 11.2. The van der Waals surface area contributed by atoms with Crippen molar-refractivity contribution in [2.24, 2.45) is 0 Å². The summed E-state index contributed by atoms with van der Waals surface area (Å²) in [5.41, 5.74) is -0.404. The summed E-state index contributed by atoms with van der Waals surface area (Å²) in [6.45, 7) is -0.294. The smallest absolute Gasteiger partial charge is 0.416 e. The van der Waals surface area contributed by atoms with E-state index in [0.717, 1.165) is 18.2 Å². The molecule has 1 heterocycles. The first-order valence-corrected chi connectivity index (χ1v) is 7.29. The number of hydrogen-bond acceptors (Lipinski definition) is 4. The van der Waals surface area contributed by atoms with Crippen molar-refractivity contribution in [1.82, 2.24) is 15.4 Å². The molecule has 0 aliphatic carbocycles. The number of nitriles is 1. The van der Waals surface area contributed by atoms with E-state index in [1.165, 1.54) is 24.3 Å². The molecule has 26 heavy (non-hydrogen) atoms. The van der Waals surface area contributed by atoms with Crippen molar-refractivity contribution in [2.45, 2.75) is 12.8 Å². The van der Waals surface area contributed by atoms with Crippen LogP contribution in [0, 0.1) is 17.1 Å². The van der Waals surface area contributed by atoms with E-state index < -0.39 is 17.6 Å². The summed E-state index contributed by atoms with van der Waals surface area (Å²) in [5, 5.41) is 18.7. The zero-order chi connectivity index (χ0) is 18.7. The quantitative estimate of drug-likeness (QED) is 0.710. The van der Waals surface area contributed by atoms with Gasteiger partial charge in [-0.05, 0) is 29.8 Å². The minimum Gasteiger partial charge on any atom is -0.485 e. The standard InChI is InChI=1S/C17H10F4N4O/c18-13-6-2-5-12(15-14(8-22)23-25-24-15)16(13)26-9-10-3-1-4-11(7-10)17(19,20)21/h1-7H,9H2,(H,23,24,25). The lowest BCUT2D eigenvalue weighted by atomic mass is 10.1. The Bertz CT molecular complexity index is 975. The summed E-state index contributed by atoms with van der Waals surface area (Å²) in [5.74, 6) is -0.961. The van der Waals surface area contributed by atoms with Crippen molar-refractivity contribution >= 4 is 0 Å². The third-order valence-electron chi connectivity index (χ3n) is 3.51. The number of nitrogens with zero attached hydrogens (tertiary/aromatic N) is 3. The Hall–Kier alpha value is -3.41. The summed E-state index contributed by atoms with van der Waals surface area (Å²) in [4.78, 5) is 0. The van der Waals surface area contributed by atoms with E-state index in [-0.39, 0.29) is 34.9 Å². The summed E-state index contributed by atoms with van der Waals surface area (Å²) < 4.78 is 57.9. The van der Waals surface area contributed by atoms with Crippen LogP contribution in [-0.2, 0) is 12.8 Å². The molecule has 1 aromatic heterocycles. The second kappa shape index (κ2) is 6.84. The average molecular weight is 362 g/mol. The number of aromatic amines is 1. The average Bonchev–Trinajstić information content (AvgIpc) is 3.08. The second-order valence-electron chi connectivity index (χ2n) is 5.24. The minimum atomic E-state index is -4.48. The Labute approximate surface area is 144 Å². The number of hydrogen-bond donors (Lipinski definition) is 1. The van der Waals surface area contributed by atoms with E-state index in [9.17, 15) is 17.6 Å². The maximum Gasteiger partial charge on any atom is 0.416 e. The van der Waals surface area contributed by atoms with Crippen molar-refractivity contribution < 1.29 is 22.3 Å². The number of ether oxygens (including phenoxy) is 1. The van der Waals surface area contributed by atoms with E-state index in [1.54, 1.807) is 0 Å². The van der Waals surface area contributed by atoms with Crippen molar-refractivity contribution in [3.63, 3.8) is 0 Å². The summed E-state index contributed by atoms with van der Waals surface area (Å²) in [6.07, 6.45) is -4.48. The van der Waals surface area contributed by atoms with E-state index in [4.69, 9.17) is 10.00 Å². The van der Waals surface area contributed by atoms with E-state index >= 15 is 0 Å². The van der Waals surface area contributed by atoms with Crippen molar-refractivity contribution in [3.8, 4) is 23.1 Å². The maximum atomic E-state index is 14.2. The number of halogens is 4. The fourth-order valence-corrected chi connectivity index (χ4v) is 2.33. The molecule has 0 atom stereocenters. The van der Waals surface area contributed by atoms with Crippen LogP contribution in [0.15, 0.2) is 42.5 Å². The van der Waals surface area contributed by atoms with E-state index in [0.29, 0.717) is 0 Å². The van der Waals surface area contributed by atoms with Crippen molar-refractivity contribution in [2.75, 3.05) is 0 Å². The van der Waals surface area contributed by atoms with Gasteiger partial charge in [0.05, 0.1) is 11.1 Å². The highest BCUT2D eigenvalue weighted by molar-refractivity contribution is 5.70. The van der Waals surface area contributed by atoms with Gasteiger partial charge in [-0.15, -0.1) is 5.10 Å². The van der Waals surface area contributed by atoms with Crippen LogP contribution in [0.25, 0.3) is 11.3 Å². The van der Waals surface area contributed by atoms with Crippen LogP contribution < -0.4 is 4.74 Å². The first kappa shape index (κ1) is 17.4. The molecule has 0 saturated carbocycles.